The minimum absolute atomic E-state index is 0.230. The van der Waals surface area contributed by atoms with Crippen LogP contribution in [0.2, 0.25) is 0 Å². The molecule has 0 atom stereocenters. The summed E-state index contributed by atoms with van der Waals surface area (Å²) in [6.07, 6.45) is 0.742. The van der Waals surface area contributed by atoms with Gasteiger partial charge >= 0.3 is 0 Å². The topological polar surface area (TPSA) is 51.5 Å². The lowest BCUT2D eigenvalue weighted by molar-refractivity contribution is 0.00542. The van der Waals surface area contributed by atoms with Crippen LogP contribution in [0, 0.1) is 11.3 Å². The molecule has 1 rings (SSSR count). The molecule has 0 aromatic heterocycles. The first kappa shape index (κ1) is 14.3. The Labute approximate surface area is 108 Å². The van der Waals surface area contributed by atoms with Gasteiger partial charge in [0.15, 0.2) is 0 Å². The first-order valence-corrected chi connectivity index (χ1v) is 5.78. The first-order chi connectivity index (χ1) is 8.52. The number of benzene rings is 1. The van der Waals surface area contributed by atoms with Gasteiger partial charge in [0.05, 0.1) is 24.9 Å². The zero-order valence-electron chi connectivity index (χ0n) is 11.3. The van der Waals surface area contributed by atoms with Gasteiger partial charge in [0, 0.05) is 19.6 Å². The highest BCUT2D eigenvalue weighted by molar-refractivity contribution is 5.47. The summed E-state index contributed by atoms with van der Waals surface area (Å²) in [6, 6.07) is 7.25. The maximum atomic E-state index is 8.99. The summed E-state index contributed by atoms with van der Waals surface area (Å²) in [5, 5.41) is 8.99. The molecule has 0 amide bonds. The van der Waals surface area contributed by atoms with Gasteiger partial charge < -0.3 is 14.2 Å². The minimum Gasteiger partial charge on any atom is -0.497 e. The fourth-order valence-corrected chi connectivity index (χ4v) is 1.35. The molecule has 0 radical (unpaired) electrons. The van der Waals surface area contributed by atoms with Crippen molar-refractivity contribution in [2.75, 3.05) is 20.8 Å². The number of nitriles is 1. The standard InChI is InChI=1S/C14H19NO3/c1-14(2,17-4)7-8-18-13-9-12(16-3)6-5-11(13)10-15/h5-6,9H,7-8H2,1-4H3. The Morgan fingerprint density at radius 1 is 1.28 bits per heavy atom. The van der Waals surface area contributed by atoms with Crippen molar-refractivity contribution in [3.8, 4) is 17.6 Å². The second-order valence-corrected chi connectivity index (χ2v) is 4.54. The highest BCUT2D eigenvalue weighted by Crippen LogP contribution is 2.25. The largest absolute Gasteiger partial charge is 0.497 e. The van der Waals surface area contributed by atoms with Gasteiger partial charge in [0.2, 0.25) is 0 Å². The van der Waals surface area contributed by atoms with Crippen molar-refractivity contribution in [3.05, 3.63) is 23.8 Å². The summed E-state index contributed by atoms with van der Waals surface area (Å²) in [4.78, 5) is 0. The maximum Gasteiger partial charge on any atom is 0.140 e. The van der Waals surface area contributed by atoms with Crippen LogP contribution in [-0.4, -0.2) is 26.4 Å². The molecule has 0 saturated heterocycles. The maximum absolute atomic E-state index is 8.99. The normalized spacial score (nSPS) is 10.8. The molecule has 0 saturated carbocycles. The zero-order chi connectivity index (χ0) is 13.6. The predicted molar refractivity (Wildman–Crippen MR) is 68.9 cm³/mol. The number of hydrogen-bond acceptors (Lipinski definition) is 4. The van der Waals surface area contributed by atoms with Gasteiger partial charge in [-0.05, 0) is 26.0 Å². The third-order valence-electron chi connectivity index (χ3n) is 2.82. The number of methoxy groups -OCH3 is 2. The fourth-order valence-electron chi connectivity index (χ4n) is 1.35. The van der Waals surface area contributed by atoms with E-state index in [1.54, 1.807) is 32.4 Å². The van der Waals surface area contributed by atoms with Crippen molar-refractivity contribution in [2.45, 2.75) is 25.9 Å². The molecular weight excluding hydrogens is 230 g/mol. The van der Waals surface area contributed by atoms with E-state index in [1.807, 2.05) is 13.8 Å². The minimum atomic E-state index is -0.230. The Morgan fingerprint density at radius 2 is 2.00 bits per heavy atom. The average Bonchev–Trinajstić information content (AvgIpc) is 2.38. The van der Waals surface area contributed by atoms with Crippen LogP contribution >= 0.6 is 0 Å². The molecule has 1 aromatic rings. The van der Waals surface area contributed by atoms with Gasteiger partial charge in [-0.3, -0.25) is 0 Å². The molecule has 98 valence electrons. The van der Waals surface area contributed by atoms with E-state index < -0.39 is 0 Å². The van der Waals surface area contributed by atoms with Crippen molar-refractivity contribution < 1.29 is 14.2 Å². The number of rotatable bonds is 6. The number of ether oxygens (including phenoxy) is 3. The molecule has 0 unspecified atom stereocenters. The number of nitrogens with zero attached hydrogens (tertiary/aromatic N) is 1. The highest BCUT2D eigenvalue weighted by atomic mass is 16.5. The van der Waals surface area contributed by atoms with Gasteiger partial charge in [0.1, 0.15) is 17.6 Å². The molecule has 4 heteroatoms. The fraction of sp³-hybridized carbons (Fsp3) is 0.500. The van der Waals surface area contributed by atoms with Crippen LogP contribution in [-0.2, 0) is 4.74 Å². The van der Waals surface area contributed by atoms with Crippen molar-refractivity contribution in [1.29, 1.82) is 5.26 Å². The van der Waals surface area contributed by atoms with Gasteiger partial charge in [-0.1, -0.05) is 0 Å². The molecular formula is C14H19NO3. The molecule has 0 bridgehead atoms. The van der Waals surface area contributed by atoms with Crippen molar-refractivity contribution >= 4 is 0 Å². The van der Waals surface area contributed by atoms with E-state index in [2.05, 4.69) is 6.07 Å². The Hall–Kier alpha value is -1.73. The van der Waals surface area contributed by atoms with Crippen molar-refractivity contribution in [2.24, 2.45) is 0 Å². The van der Waals surface area contributed by atoms with E-state index in [4.69, 9.17) is 19.5 Å². The van der Waals surface area contributed by atoms with Crippen molar-refractivity contribution in [1.82, 2.24) is 0 Å². The molecule has 0 heterocycles. The summed E-state index contributed by atoms with van der Waals surface area (Å²) in [6.45, 7) is 4.48. The van der Waals surface area contributed by atoms with Crippen LogP contribution in [0.5, 0.6) is 11.5 Å². The lowest BCUT2D eigenvalue weighted by atomic mass is 10.1. The quantitative estimate of drug-likeness (QED) is 0.778. The van der Waals surface area contributed by atoms with Crippen molar-refractivity contribution in [3.63, 3.8) is 0 Å². The molecule has 18 heavy (non-hydrogen) atoms. The van der Waals surface area contributed by atoms with Crippen LogP contribution in [0.25, 0.3) is 0 Å². The monoisotopic (exact) mass is 249 g/mol. The molecule has 4 nitrogen and oxygen atoms in total. The summed E-state index contributed by atoms with van der Waals surface area (Å²) in [7, 11) is 3.26. The Bertz CT molecular complexity index is 435. The van der Waals surface area contributed by atoms with Crippen LogP contribution in [0.4, 0.5) is 0 Å². The van der Waals surface area contributed by atoms with Crippen LogP contribution in [0.3, 0.4) is 0 Å². The van der Waals surface area contributed by atoms with E-state index in [-0.39, 0.29) is 5.60 Å². The predicted octanol–water partition coefficient (Wildman–Crippen LogP) is 2.76. The van der Waals surface area contributed by atoms with E-state index >= 15 is 0 Å². The van der Waals surface area contributed by atoms with E-state index in [9.17, 15) is 0 Å². The Kier molecular flexibility index (Phi) is 4.99. The Balaban J connectivity index is 2.69. The summed E-state index contributed by atoms with van der Waals surface area (Å²) in [5.74, 6) is 1.22. The second kappa shape index (κ2) is 6.27. The van der Waals surface area contributed by atoms with Gasteiger partial charge in [0.25, 0.3) is 0 Å². The van der Waals surface area contributed by atoms with Gasteiger partial charge in [-0.2, -0.15) is 5.26 Å². The first-order valence-electron chi connectivity index (χ1n) is 5.78. The van der Waals surface area contributed by atoms with E-state index in [1.165, 1.54) is 0 Å². The average molecular weight is 249 g/mol. The highest BCUT2D eigenvalue weighted by Gasteiger charge is 2.16. The SMILES string of the molecule is COc1ccc(C#N)c(OCCC(C)(C)OC)c1. The van der Waals surface area contributed by atoms with Crippen LogP contribution < -0.4 is 9.47 Å². The molecule has 0 N–H and O–H groups in total. The lowest BCUT2D eigenvalue weighted by Gasteiger charge is -2.22. The summed E-state index contributed by atoms with van der Waals surface area (Å²) >= 11 is 0. The molecule has 0 fully saturated rings. The third-order valence-corrected chi connectivity index (χ3v) is 2.82. The molecule has 1 aromatic carbocycles. The van der Waals surface area contributed by atoms with Crippen LogP contribution in [0.15, 0.2) is 18.2 Å². The number of hydrogen-bond donors (Lipinski definition) is 0. The summed E-state index contributed by atoms with van der Waals surface area (Å²) in [5.41, 5.74) is 0.275. The lowest BCUT2D eigenvalue weighted by Crippen LogP contribution is -2.25. The molecule has 0 aliphatic heterocycles. The zero-order valence-corrected chi connectivity index (χ0v) is 11.3. The van der Waals surface area contributed by atoms with Gasteiger partial charge in [-0.25, -0.2) is 0 Å². The van der Waals surface area contributed by atoms with Crippen LogP contribution in [0.1, 0.15) is 25.8 Å². The smallest absolute Gasteiger partial charge is 0.140 e. The van der Waals surface area contributed by atoms with E-state index in [0.29, 0.717) is 23.7 Å². The third kappa shape index (κ3) is 3.94. The molecule has 0 aliphatic carbocycles. The Morgan fingerprint density at radius 3 is 2.56 bits per heavy atom. The molecule has 0 spiro atoms. The summed E-state index contributed by atoms with van der Waals surface area (Å²) < 4.78 is 16.0. The van der Waals surface area contributed by atoms with Gasteiger partial charge in [-0.15, -0.1) is 0 Å². The molecule has 0 aliphatic rings. The van der Waals surface area contributed by atoms with E-state index in [0.717, 1.165) is 6.42 Å². The second-order valence-electron chi connectivity index (χ2n) is 4.54.